The van der Waals surface area contributed by atoms with Crippen molar-refractivity contribution < 1.29 is 4.74 Å². The van der Waals surface area contributed by atoms with Gasteiger partial charge in [0.2, 0.25) is 0 Å². The first-order chi connectivity index (χ1) is 9.54. The molecule has 108 valence electrons. The Hall–Kier alpha value is -2.17. The van der Waals surface area contributed by atoms with Gasteiger partial charge in [-0.1, -0.05) is 32.0 Å². The van der Waals surface area contributed by atoms with Crippen LogP contribution in [0.3, 0.4) is 0 Å². The molecule has 3 N–H and O–H groups in total. The third kappa shape index (κ3) is 2.71. The number of aryl methyl sites for hydroxylation is 1. The van der Waals surface area contributed by atoms with Crippen LogP contribution in [0.15, 0.2) is 24.3 Å². The molecule has 0 fully saturated rings. The first-order valence-electron chi connectivity index (χ1n) is 6.72. The predicted molar refractivity (Wildman–Crippen MR) is 82.0 cm³/mol. The number of ether oxygens (including phenoxy) is 1. The predicted octanol–water partition coefficient (Wildman–Crippen LogP) is 2.75. The third-order valence-electron chi connectivity index (χ3n) is 3.30. The van der Waals surface area contributed by atoms with Gasteiger partial charge < -0.3 is 15.8 Å². The van der Waals surface area contributed by atoms with E-state index in [1.165, 1.54) is 0 Å². The maximum atomic E-state index is 6.16. The van der Waals surface area contributed by atoms with Crippen LogP contribution in [-0.2, 0) is 13.6 Å². The Morgan fingerprint density at radius 2 is 2.05 bits per heavy atom. The molecule has 20 heavy (non-hydrogen) atoms. The molecule has 5 nitrogen and oxygen atoms in total. The van der Waals surface area contributed by atoms with E-state index in [9.17, 15) is 0 Å². The lowest BCUT2D eigenvalue weighted by atomic mass is 10.1. The van der Waals surface area contributed by atoms with Gasteiger partial charge in [0.25, 0.3) is 0 Å². The molecule has 0 saturated carbocycles. The van der Waals surface area contributed by atoms with Crippen LogP contribution >= 0.6 is 0 Å². The number of rotatable bonds is 5. The van der Waals surface area contributed by atoms with Crippen molar-refractivity contribution in [1.82, 2.24) is 9.78 Å². The summed E-state index contributed by atoms with van der Waals surface area (Å²) in [5.74, 6) is 2.02. The average molecular weight is 274 g/mol. The van der Waals surface area contributed by atoms with Gasteiger partial charge in [-0.15, -0.1) is 0 Å². The highest BCUT2D eigenvalue weighted by Gasteiger charge is 2.15. The Balaban J connectivity index is 2.19. The van der Waals surface area contributed by atoms with Crippen molar-refractivity contribution in [3.8, 4) is 5.75 Å². The molecule has 0 aliphatic carbocycles. The fraction of sp³-hybridized carbons (Fsp3) is 0.400. The minimum Gasteiger partial charge on any atom is -0.496 e. The molecule has 0 saturated heterocycles. The molecule has 0 aliphatic rings. The highest BCUT2D eigenvalue weighted by atomic mass is 16.5. The van der Waals surface area contributed by atoms with Crippen LogP contribution in [-0.4, -0.2) is 16.9 Å². The summed E-state index contributed by atoms with van der Waals surface area (Å²) >= 11 is 0. The van der Waals surface area contributed by atoms with Crippen molar-refractivity contribution in [3.05, 3.63) is 35.5 Å². The molecule has 0 spiro atoms. The summed E-state index contributed by atoms with van der Waals surface area (Å²) in [6, 6.07) is 7.92. The van der Waals surface area contributed by atoms with Gasteiger partial charge in [-0.2, -0.15) is 5.10 Å². The fourth-order valence-electron chi connectivity index (χ4n) is 2.23. The van der Waals surface area contributed by atoms with E-state index in [0.717, 1.165) is 28.5 Å². The number of nitrogens with two attached hydrogens (primary N) is 1. The molecule has 0 atom stereocenters. The zero-order chi connectivity index (χ0) is 14.7. The normalized spacial score (nSPS) is 10.8. The minimum absolute atomic E-state index is 0.308. The molecule has 2 rings (SSSR count). The van der Waals surface area contributed by atoms with Crippen LogP contribution < -0.4 is 15.8 Å². The van der Waals surface area contributed by atoms with Crippen LogP contribution in [0.1, 0.15) is 31.0 Å². The largest absolute Gasteiger partial charge is 0.496 e. The lowest BCUT2D eigenvalue weighted by Crippen LogP contribution is -2.07. The number of methoxy groups -OCH3 is 1. The lowest BCUT2D eigenvalue weighted by molar-refractivity contribution is 0.410. The molecule has 2 aromatic rings. The number of nitrogens with one attached hydrogen (secondary N) is 1. The summed E-state index contributed by atoms with van der Waals surface area (Å²) < 4.78 is 7.14. The zero-order valence-electron chi connectivity index (χ0n) is 12.5. The van der Waals surface area contributed by atoms with E-state index in [4.69, 9.17) is 10.5 Å². The Labute approximate surface area is 119 Å². The molecule has 1 heterocycles. The quantitative estimate of drug-likeness (QED) is 0.880. The van der Waals surface area contributed by atoms with Crippen molar-refractivity contribution in [2.75, 3.05) is 18.2 Å². The van der Waals surface area contributed by atoms with Gasteiger partial charge in [-0.05, 0) is 12.0 Å². The Morgan fingerprint density at radius 1 is 1.35 bits per heavy atom. The van der Waals surface area contributed by atoms with Gasteiger partial charge in [0.15, 0.2) is 0 Å². The second-order valence-corrected chi connectivity index (χ2v) is 5.09. The number of para-hydroxylation sites is 1. The van der Waals surface area contributed by atoms with E-state index in [1.54, 1.807) is 11.8 Å². The number of benzene rings is 1. The molecule has 1 aromatic heterocycles. The second-order valence-electron chi connectivity index (χ2n) is 5.09. The Bertz CT molecular complexity index is 590. The van der Waals surface area contributed by atoms with Gasteiger partial charge in [0.1, 0.15) is 11.6 Å². The van der Waals surface area contributed by atoms with Crippen molar-refractivity contribution >= 4 is 11.5 Å². The lowest BCUT2D eigenvalue weighted by Gasteiger charge is -2.11. The van der Waals surface area contributed by atoms with E-state index in [-0.39, 0.29) is 0 Å². The highest BCUT2D eigenvalue weighted by Crippen LogP contribution is 2.28. The number of anilines is 2. The number of hydrogen-bond donors (Lipinski definition) is 2. The first-order valence-corrected chi connectivity index (χ1v) is 6.72. The smallest absolute Gasteiger partial charge is 0.148 e. The van der Waals surface area contributed by atoms with Gasteiger partial charge in [-0.3, -0.25) is 4.68 Å². The molecule has 0 amide bonds. The molecule has 5 heteroatoms. The summed E-state index contributed by atoms with van der Waals surface area (Å²) in [5.41, 5.74) is 8.89. The van der Waals surface area contributed by atoms with Gasteiger partial charge in [0.05, 0.1) is 18.5 Å². The van der Waals surface area contributed by atoms with E-state index >= 15 is 0 Å². The number of aromatic nitrogens is 2. The zero-order valence-corrected chi connectivity index (χ0v) is 12.5. The molecule has 0 aliphatic heterocycles. The SMILES string of the molecule is COc1ccccc1CNc1c(N)c(C(C)C)nn1C. The van der Waals surface area contributed by atoms with Crippen molar-refractivity contribution in [1.29, 1.82) is 0 Å². The van der Waals surface area contributed by atoms with E-state index in [0.29, 0.717) is 12.5 Å². The number of nitrogen functional groups attached to an aromatic ring is 1. The van der Waals surface area contributed by atoms with Crippen LogP contribution in [0.2, 0.25) is 0 Å². The Kier molecular flexibility index (Phi) is 4.17. The van der Waals surface area contributed by atoms with Crippen molar-refractivity contribution in [2.24, 2.45) is 7.05 Å². The Morgan fingerprint density at radius 3 is 2.65 bits per heavy atom. The summed E-state index contributed by atoms with van der Waals surface area (Å²) in [5, 5.41) is 7.81. The molecule has 0 radical (unpaired) electrons. The topological polar surface area (TPSA) is 65.1 Å². The van der Waals surface area contributed by atoms with Gasteiger partial charge >= 0.3 is 0 Å². The maximum Gasteiger partial charge on any atom is 0.148 e. The van der Waals surface area contributed by atoms with Crippen LogP contribution in [0.25, 0.3) is 0 Å². The standard InChI is InChI=1S/C15H22N4O/c1-10(2)14-13(16)15(19(3)18-14)17-9-11-7-5-6-8-12(11)20-4/h5-8,10,17H,9,16H2,1-4H3. The monoisotopic (exact) mass is 274 g/mol. The molecule has 1 aromatic carbocycles. The molecular weight excluding hydrogens is 252 g/mol. The summed E-state index contributed by atoms with van der Waals surface area (Å²) in [6.07, 6.45) is 0. The van der Waals surface area contributed by atoms with Crippen LogP contribution in [0.4, 0.5) is 11.5 Å². The van der Waals surface area contributed by atoms with E-state index < -0.39 is 0 Å². The van der Waals surface area contributed by atoms with E-state index in [2.05, 4.69) is 24.3 Å². The molecule has 0 unspecified atom stereocenters. The first kappa shape index (κ1) is 14.2. The summed E-state index contributed by atoms with van der Waals surface area (Å²) in [4.78, 5) is 0. The highest BCUT2D eigenvalue weighted by molar-refractivity contribution is 5.65. The summed E-state index contributed by atoms with van der Waals surface area (Å²) in [7, 11) is 3.57. The van der Waals surface area contributed by atoms with E-state index in [1.807, 2.05) is 31.3 Å². The number of nitrogens with zero attached hydrogens (tertiary/aromatic N) is 2. The summed E-state index contributed by atoms with van der Waals surface area (Å²) in [6.45, 7) is 4.82. The fourth-order valence-corrected chi connectivity index (χ4v) is 2.23. The minimum atomic E-state index is 0.308. The molecule has 0 bridgehead atoms. The van der Waals surface area contributed by atoms with Crippen molar-refractivity contribution in [2.45, 2.75) is 26.3 Å². The van der Waals surface area contributed by atoms with Gasteiger partial charge in [0, 0.05) is 19.2 Å². The molecular formula is C15H22N4O. The van der Waals surface area contributed by atoms with Crippen LogP contribution in [0, 0.1) is 0 Å². The average Bonchev–Trinajstić information content (AvgIpc) is 2.72. The second kappa shape index (κ2) is 5.86. The van der Waals surface area contributed by atoms with Gasteiger partial charge in [-0.25, -0.2) is 0 Å². The van der Waals surface area contributed by atoms with Crippen LogP contribution in [0.5, 0.6) is 5.75 Å². The number of hydrogen-bond acceptors (Lipinski definition) is 4. The third-order valence-corrected chi connectivity index (χ3v) is 3.30. The van der Waals surface area contributed by atoms with Crippen molar-refractivity contribution in [3.63, 3.8) is 0 Å². The maximum absolute atomic E-state index is 6.16.